The van der Waals surface area contributed by atoms with E-state index in [0.717, 1.165) is 28.8 Å². The Morgan fingerprint density at radius 1 is 1.11 bits per heavy atom. The third kappa shape index (κ3) is 1.84. The molecule has 0 atom stereocenters. The van der Waals surface area contributed by atoms with Crippen LogP contribution in [-0.2, 0) is 6.42 Å². The van der Waals surface area contributed by atoms with E-state index in [-0.39, 0.29) is 5.75 Å². The van der Waals surface area contributed by atoms with E-state index < -0.39 is 0 Å². The van der Waals surface area contributed by atoms with Gasteiger partial charge in [-0.2, -0.15) is 0 Å². The molecule has 0 amide bonds. The quantitative estimate of drug-likeness (QED) is 0.717. The fourth-order valence-corrected chi connectivity index (χ4v) is 2.03. The number of fused-ring (bicyclic) bond motifs is 1. The zero-order valence-electron chi connectivity index (χ0n) is 10.1. The fourth-order valence-electron chi connectivity index (χ4n) is 2.03. The maximum atomic E-state index is 9.43. The van der Waals surface area contributed by atoms with Crippen molar-refractivity contribution in [1.82, 2.24) is 9.97 Å². The van der Waals surface area contributed by atoms with Crippen LogP contribution in [-0.4, -0.2) is 15.1 Å². The molecule has 0 aliphatic carbocycles. The van der Waals surface area contributed by atoms with Gasteiger partial charge in [0.25, 0.3) is 0 Å². The third-order valence-electron chi connectivity index (χ3n) is 3.10. The number of benzene rings is 2. The molecule has 0 radical (unpaired) electrons. The maximum absolute atomic E-state index is 9.43. The third-order valence-corrected chi connectivity index (χ3v) is 3.10. The molecule has 0 saturated carbocycles. The van der Waals surface area contributed by atoms with E-state index in [0.29, 0.717) is 0 Å². The van der Waals surface area contributed by atoms with Gasteiger partial charge < -0.3 is 10.1 Å². The molecule has 1 aromatic heterocycles. The number of rotatable bonds is 2. The van der Waals surface area contributed by atoms with Crippen LogP contribution in [0, 0.1) is 0 Å². The molecule has 0 saturated heterocycles. The number of nitrogens with zero attached hydrogens (tertiary/aromatic N) is 1. The predicted molar refractivity (Wildman–Crippen MR) is 72.6 cm³/mol. The van der Waals surface area contributed by atoms with Crippen LogP contribution in [0.15, 0.2) is 42.5 Å². The highest BCUT2D eigenvalue weighted by molar-refractivity contribution is 5.80. The number of nitrogens with one attached hydrogen (secondary N) is 1. The molecule has 3 rings (SSSR count). The number of hydrogen-bond donors (Lipinski definition) is 2. The van der Waals surface area contributed by atoms with E-state index in [1.54, 1.807) is 12.1 Å². The van der Waals surface area contributed by atoms with Gasteiger partial charge in [-0.25, -0.2) is 4.98 Å². The van der Waals surface area contributed by atoms with Crippen LogP contribution in [0.1, 0.15) is 12.5 Å². The first-order valence-corrected chi connectivity index (χ1v) is 6.04. The highest BCUT2D eigenvalue weighted by Crippen LogP contribution is 2.23. The van der Waals surface area contributed by atoms with Crippen LogP contribution in [0.2, 0.25) is 0 Å². The molecule has 90 valence electrons. The monoisotopic (exact) mass is 238 g/mol. The SMILES string of the molecule is CCc1ccc(-c2nc3ccc(O)cc3[nH]2)cc1. The van der Waals surface area contributed by atoms with E-state index >= 15 is 0 Å². The van der Waals surface area contributed by atoms with Crippen LogP contribution in [0.3, 0.4) is 0 Å². The highest BCUT2D eigenvalue weighted by atomic mass is 16.3. The van der Waals surface area contributed by atoms with Gasteiger partial charge in [0.05, 0.1) is 11.0 Å². The Labute approximate surface area is 105 Å². The molecule has 2 aromatic carbocycles. The van der Waals surface area contributed by atoms with Crippen molar-refractivity contribution in [3.8, 4) is 17.1 Å². The lowest BCUT2D eigenvalue weighted by molar-refractivity contribution is 0.476. The van der Waals surface area contributed by atoms with E-state index in [4.69, 9.17) is 0 Å². The van der Waals surface area contributed by atoms with Crippen molar-refractivity contribution in [3.63, 3.8) is 0 Å². The van der Waals surface area contributed by atoms with Crippen molar-refractivity contribution in [2.45, 2.75) is 13.3 Å². The van der Waals surface area contributed by atoms with Crippen LogP contribution in [0.4, 0.5) is 0 Å². The standard InChI is InChI=1S/C15H14N2O/c1-2-10-3-5-11(6-4-10)15-16-13-8-7-12(18)9-14(13)17-15/h3-9,18H,2H2,1H3,(H,16,17). The van der Waals surface area contributed by atoms with Gasteiger partial charge in [-0.05, 0) is 24.1 Å². The van der Waals surface area contributed by atoms with Crippen molar-refractivity contribution in [2.24, 2.45) is 0 Å². The lowest BCUT2D eigenvalue weighted by atomic mass is 10.1. The van der Waals surface area contributed by atoms with E-state index in [1.165, 1.54) is 5.56 Å². The summed E-state index contributed by atoms with van der Waals surface area (Å²) < 4.78 is 0. The average molecular weight is 238 g/mol. The molecule has 0 bridgehead atoms. The molecule has 2 N–H and O–H groups in total. The largest absolute Gasteiger partial charge is 0.508 e. The molecule has 3 aromatic rings. The molecule has 1 heterocycles. The number of aromatic amines is 1. The van der Waals surface area contributed by atoms with Crippen molar-refractivity contribution < 1.29 is 5.11 Å². The Morgan fingerprint density at radius 3 is 2.61 bits per heavy atom. The summed E-state index contributed by atoms with van der Waals surface area (Å²) in [5, 5.41) is 9.43. The Hall–Kier alpha value is -2.29. The molecular weight excluding hydrogens is 224 g/mol. The molecule has 0 aliphatic rings. The number of hydrogen-bond acceptors (Lipinski definition) is 2. The van der Waals surface area contributed by atoms with Crippen LogP contribution >= 0.6 is 0 Å². The van der Waals surface area contributed by atoms with Gasteiger partial charge in [-0.3, -0.25) is 0 Å². The summed E-state index contributed by atoms with van der Waals surface area (Å²) in [4.78, 5) is 7.73. The van der Waals surface area contributed by atoms with Crippen molar-refractivity contribution in [1.29, 1.82) is 0 Å². The lowest BCUT2D eigenvalue weighted by Gasteiger charge is -1.98. The zero-order valence-corrected chi connectivity index (χ0v) is 10.1. The minimum Gasteiger partial charge on any atom is -0.508 e. The minimum atomic E-state index is 0.249. The second kappa shape index (κ2) is 4.18. The summed E-state index contributed by atoms with van der Waals surface area (Å²) in [6, 6.07) is 13.5. The first-order valence-electron chi connectivity index (χ1n) is 6.04. The summed E-state index contributed by atoms with van der Waals surface area (Å²) in [5.41, 5.74) is 4.09. The Morgan fingerprint density at radius 2 is 1.89 bits per heavy atom. The predicted octanol–water partition coefficient (Wildman–Crippen LogP) is 3.50. The zero-order chi connectivity index (χ0) is 12.5. The van der Waals surface area contributed by atoms with Crippen molar-refractivity contribution in [3.05, 3.63) is 48.0 Å². The molecule has 3 nitrogen and oxygen atoms in total. The van der Waals surface area contributed by atoms with E-state index in [9.17, 15) is 5.11 Å². The van der Waals surface area contributed by atoms with Gasteiger partial charge >= 0.3 is 0 Å². The summed E-state index contributed by atoms with van der Waals surface area (Å²) in [6.07, 6.45) is 1.04. The number of phenols is 1. The Kier molecular flexibility index (Phi) is 2.52. The van der Waals surface area contributed by atoms with Gasteiger partial charge in [-0.1, -0.05) is 31.2 Å². The molecular formula is C15H14N2O. The van der Waals surface area contributed by atoms with Gasteiger partial charge in [0.15, 0.2) is 0 Å². The molecule has 0 aliphatic heterocycles. The van der Waals surface area contributed by atoms with E-state index in [2.05, 4.69) is 41.2 Å². The second-order valence-electron chi connectivity index (χ2n) is 4.34. The number of imidazole rings is 1. The van der Waals surface area contributed by atoms with Crippen LogP contribution in [0.5, 0.6) is 5.75 Å². The van der Waals surface area contributed by atoms with Gasteiger partial charge in [0.2, 0.25) is 0 Å². The minimum absolute atomic E-state index is 0.249. The normalized spacial score (nSPS) is 10.9. The van der Waals surface area contributed by atoms with Crippen molar-refractivity contribution in [2.75, 3.05) is 0 Å². The average Bonchev–Trinajstić information content (AvgIpc) is 2.81. The fraction of sp³-hybridized carbons (Fsp3) is 0.133. The van der Waals surface area contributed by atoms with Crippen molar-refractivity contribution >= 4 is 11.0 Å². The number of aromatic nitrogens is 2. The molecule has 0 fully saturated rings. The summed E-state index contributed by atoms with van der Waals surface area (Å²) in [5.74, 6) is 1.08. The number of phenolic OH excluding ortho intramolecular Hbond substituents is 1. The summed E-state index contributed by atoms with van der Waals surface area (Å²) in [7, 11) is 0. The Bertz CT molecular complexity index is 683. The number of H-pyrrole nitrogens is 1. The van der Waals surface area contributed by atoms with Gasteiger partial charge in [0, 0.05) is 11.6 Å². The van der Waals surface area contributed by atoms with Gasteiger partial charge in [-0.15, -0.1) is 0 Å². The molecule has 0 spiro atoms. The number of aryl methyl sites for hydroxylation is 1. The summed E-state index contributed by atoms with van der Waals surface area (Å²) >= 11 is 0. The maximum Gasteiger partial charge on any atom is 0.138 e. The van der Waals surface area contributed by atoms with Gasteiger partial charge in [0.1, 0.15) is 11.6 Å². The summed E-state index contributed by atoms with van der Waals surface area (Å²) in [6.45, 7) is 2.14. The second-order valence-corrected chi connectivity index (χ2v) is 4.34. The van der Waals surface area contributed by atoms with E-state index in [1.807, 2.05) is 6.07 Å². The molecule has 18 heavy (non-hydrogen) atoms. The highest BCUT2D eigenvalue weighted by Gasteiger charge is 2.05. The molecule has 3 heteroatoms. The topological polar surface area (TPSA) is 48.9 Å². The first kappa shape index (κ1) is 10.8. The first-order chi connectivity index (χ1) is 8.76. The van der Waals surface area contributed by atoms with Crippen LogP contribution < -0.4 is 0 Å². The van der Waals surface area contributed by atoms with Crippen LogP contribution in [0.25, 0.3) is 22.4 Å². The molecule has 0 unspecified atom stereocenters. The Balaban J connectivity index is 2.07. The number of aromatic hydroxyl groups is 1. The smallest absolute Gasteiger partial charge is 0.138 e. The lowest BCUT2D eigenvalue weighted by Crippen LogP contribution is -1.82.